The summed E-state index contributed by atoms with van der Waals surface area (Å²) in [7, 11) is -3.82. The zero-order valence-electron chi connectivity index (χ0n) is 20.7. The van der Waals surface area contributed by atoms with Crippen molar-refractivity contribution in [3.63, 3.8) is 0 Å². The molecule has 0 saturated carbocycles. The van der Waals surface area contributed by atoms with Gasteiger partial charge in [0.1, 0.15) is 5.01 Å². The van der Waals surface area contributed by atoms with Crippen LogP contribution < -0.4 is 10.0 Å². The summed E-state index contributed by atoms with van der Waals surface area (Å²) >= 11 is 1.60. The number of thiazole rings is 1. The van der Waals surface area contributed by atoms with Crippen molar-refractivity contribution in [2.75, 3.05) is 16.6 Å². The SMILES string of the molecule is Cc1ccc2nc(-c3ccc(NC(=O)COC(=O)c4ccc(S(=O)(=O)Nc5ccccc5)cc4)cc3)sc2c1. The van der Waals surface area contributed by atoms with Crippen LogP contribution in [0.5, 0.6) is 0 Å². The molecule has 5 aromatic rings. The number of benzene rings is 4. The lowest BCUT2D eigenvalue weighted by molar-refractivity contribution is -0.119. The molecule has 8 nitrogen and oxygen atoms in total. The molecule has 4 aromatic carbocycles. The van der Waals surface area contributed by atoms with Gasteiger partial charge in [0.05, 0.1) is 20.7 Å². The van der Waals surface area contributed by atoms with Crippen LogP contribution in [0.1, 0.15) is 15.9 Å². The first kappa shape index (κ1) is 26.1. The van der Waals surface area contributed by atoms with E-state index in [0.717, 1.165) is 20.8 Å². The predicted octanol–water partition coefficient (Wildman–Crippen LogP) is 5.87. The molecular formula is C29H23N3O5S2. The number of nitrogens with one attached hydrogen (secondary N) is 2. The van der Waals surface area contributed by atoms with Crippen LogP contribution in [0.15, 0.2) is 102 Å². The third kappa shape index (κ3) is 6.31. The second-order valence-corrected chi connectivity index (χ2v) is 11.4. The summed E-state index contributed by atoms with van der Waals surface area (Å²) in [6.07, 6.45) is 0. The van der Waals surface area contributed by atoms with Crippen molar-refractivity contribution < 1.29 is 22.7 Å². The van der Waals surface area contributed by atoms with Crippen LogP contribution in [0.4, 0.5) is 11.4 Å². The maximum absolute atomic E-state index is 12.5. The number of anilines is 2. The lowest BCUT2D eigenvalue weighted by Gasteiger charge is -2.09. The minimum Gasteiger partial charge on any atom is -0.452 e. The van der Waals surface area contributed by atoms with Crippen LogP contribution in [0.2, 0.25) is 0 Å². The summed E-state index contributed by atoms with van der Waals surface area (Å²) in [5, 5.41) is 3.58. The number of nitrogens with zero attached hydrogens (tertiary/aromatic N) is 1. The van der Waals surface area contributed by atoms with E-state index in [1.165, 1.54) is 29.8 Å². The Kier molecular flexibility index (Phi) is 7.40. The van der Waals surface area contributed by atoms with Gasteiger partial charge in [0.25, 0.3) is 15.9 Å². The third-order valence-corrected chi connectivity index (χ3v) is 8.18. The second kappa shape index (κ2) is 11.1. The smallest absolute Gasteiger partial charge is 0.338 e. The fraction of sp³-hybridized carbons (Fsp3) is 0.0690. The van der Waals surface area contributed by atoms with E-state index >= 15 is 0 Å². The van der Waals surface area contributed by atoms with Crippen LogP contribution in [0.25, 0.3) is 20.8 Å². The van der Waals surface area contributed by atoms with Crippen molar-refractivity contribution in [2.45, 2.75) is 11.8 Å². The van der Waals surface area contributed by atoms with Crippen LogP contribution in [-0.2, 0) is 19.6 Å². The molecule has 39 heavy (non-hydrogen) atoms. The van der Waals surface area contributed by atoms with Crippen LogP contribution in [0.3, 0.4) is 0 Å². The van der Waals surface area contributed by atoms with E-state index in [1.54, 1.807) is 53.8 Å². The fourth-order valence-corrected chi connectivity index (χ4v) is 5.88. The van der Waals surface area contributed by atoms with Gasteiger partial charge in [-0.25, -0.2) is 18.2 Å². The molecule has 0 atom stereocenters. The van der Waals surface area contributed by atoms with Gasteiger partial charge in [-0.05, 0) is 85.3 Å². The first-order chi connectivity index (χ1) is 18.8. The minimum atomic E-state index is -3.82. The summed E-state index contributed by atoms with van der Waals surface area (Å²) < 4.78 is 33.8. The highest BCUT2D eigenvalue weighted by Crippen LogP contribution is 2.31. The number of ether oxygens (including phenoxy) is 1. The number of aryl methyl sites for hydroxylation is 1. The number of sulfonamides is 1. The van der Waals surface area contributed by atoms with Gasteiger partial charge in [-0.2, -0.15) is 0 Å². The molecule has 0 saturated heterocycles. The highest BCUT2D eigenvalue weighted by atomic mass is 32.2. The second-order valence-electron chi connectivity index (χ2n) is 8.69. The monoisotopic (exact) mass is 557 g/mol. The van der Waals surface area contributed by atoms with Crippen molar-refractivity contribution in [2.24, 2.45) is 0 Å². The Morgan fingerprint density at radius 2 is 1.59 bits per heavy atom. The van der Waals surface area contributed by atoms with E-state index in [0.29, 0.717) is 11.4 Å². The molecule has 0 aliphatic rings. The summed E-state index contributed by atoms with van der Waals surface area (Å²) in [4.78, 5) is 29.4. The van der Waals surface area contributed by atoms with E-state index in [2.05, 4.69) is 21.1 Å². The van der Waals surface area contributed by atoms with Crippen LogP contribution in [-0.4, -0.2) is 31.9 Å². The zero-order chi connectivity index (χ0) is 27.4. The Morgan fingerprint density at radius 3 is 2.31 bits per heavy atom. The molecule has 10 heteroatoms. The van der Waals surface area contributed by atoms with Crippen molar-refractivity contribution in [1.29, 1.82) is 0 Å². The van der Waals surface area contributed by atoms with Crippen molar-refractivity contribution >= 4 is 54.8 Å². The first-order valence-electron chi connectivity index (χ1n) is 11.9. The quantitative estimate of drug-likeness (QED) is 0.231. The third-order valence-electron chi connectivity index (χ3n) is 5.72. The van der Waals surface area contributed by atoms with Crippen molar-refractivity contribution in [1.82, 2.24) is 4.98 Å². The molecule has 196 valence electrons. The molecule has 1 aromatic heterocycles. The fourth-order valence-electron chi connectivity index (χ4n) is 3.75. The van der Waals surface area contributed by atoms with E-state index in [-0.39, 0.29) is 10.5 Å². The van der Waals surface area contributed by atoms with Crippen molar-refractivity contribution in [3.05, 3.63) is 108 Å². The van der Waals surface area contributed by atoms with Gasteiger partial charge >= 0.3 is 5.97 Å². The molecule has 2 N–H and O–H groups in total. The van der Waals surface area contributed by atoms with E-state index in [9.17, 15) is 18.0 Å². The van der Waals surface area contributed by atoms with Gasteiger partial charge in [-0.3, -0.25) is 9.52 Å². The highest BCUT2D eigenvalue weighted by molar-refractivity contribution is 7.92. The van der Waals surface area contributed by atoms with E-state index < -0.39 is 28.5 Å². The number of hydrogen-bond donors (Lipinski definition) is 2. The maximum Gasteiger partial charge on any atom is 0.338 e. The number of aromatic nitrogens is 1. The Hall–Kier alpha value is -4.54. The summed E-state index contributed by atoms with van der Waals surface area (Å²) in [5.74, 6) is -1.25. The van der Waals surface area contributed by atoms with Crippen LogP contribution >= 0.6 is 11.3 Å². The molecule has 5 rings (SSSR count). The Balaban J connectivity index is 1.14. The zero-order valence-corrected chi connectivity index (χ0v) is 22.4. The maximum atomic E-state index is 12.5. The lowest BCUT2D eigenvalue weighted by Crippen LogP contribution is -2.21. The predicted molar refractivity (Wildman–Crippen MR) is 152 cm³/mol. The largest absolute Gasteiger partial charge is 0.452 e. The molecule has 0 unspecified atom stereocenters. The summed E-state index contributed by atoms with van der Waals surface area (Å²) in [6, 6.07) is 27.1. The van der Waals surface area contributed by atoms with Gasteiger partial charge in [0.15, 0.2) is 6.61 Å². The number of amides is 1. The standard InChI is InChI=1S/C29H23N3O5S2/c1-19-7-16-25-26(17-19)38-28(31-25)20-8-12-22(13-9-20)30-27(33)18-37-29(34)21-10-14-24(15-11-21)39(35,36)32-23-5-3-2-4-6-23/h2-17,32H,18H2,1H3,(H,30,33). The first-order valence-corrected chi connectivity index (χ1v) is 14.2. The van der Waals surface area contributed by atoms with E-state index in [4.69, 9.17) is 4.74 Å². The average Bonchev–Trinajstić information content (AvgIpc) is 3.36. The molecule has 0 bridgehead atoms. The number of esters is 1. The summed E-state index contributed by atoms with van der Waals surface area (Å²) in [6.45, 7) is 1.55. The minimum absolute atomic E-state index is 0.00921. The molecule has 0 aliphatic heterocycles. The Morgan fingerprint density at radius 1 is 0.872 bits per heavy atom. The summed E-state index contributed by atoms with van der Waals surface area (Å²) in [5.41, 5.74) is 4.16. The number of fused-ring (bicyclic) bond motifs is 1. The van der Waals surface area contributed by atoms with Gasteiger partial charge in [-0.1, -0.05) is 24.3 Å². The molecule has 1 amide bonds. The van der Waals surface area contributed by atoms with Gasteiger partial charge in [-0.15, -0.1) is 11.3 Å². The number of carbonyl (C=O) groups excluding carboxylic acids is 2. The molecular weight excluding hydrogens is 534 g/mol. The Labute approximate surface area is 229 Å². The molecule has 0 aliphatic carbocycles. The van der Waals surface area contributed by atoms with Gasteiger partial charge in [0.2, 0.25) is 0 Å². The topological polar surface area (TPSA) is 114 Å². The molecule has 0 radical (unpaired) electrons. The number of hydrogen-bond acceptors (Lipinski definition) is 7. The van der Waals surface area contributed by atoms with Crippen molar-refractivity contribution in [3.8, 4) is 10.6 Å². The lowest BCUT2D eigenvalue weighted by atomic mass is 10.2. The number of carbonyl (C=O) groups is 2. The number of rotatable bonds is 8. The number of para-hydroxylation sites is 1. The normalized spacial score (nSPS) is 11.2. The van der Waals surface area contributed by atoms with Gasteiger partial charge in [0, 0.05) is 16.9 Å². The molecule has 0 fully saturated rings. The molecule has 0 spiro atoms. The van der Waals surface area contributed by atoms with Crippen LogP contribution in [0, 0.1) is 6.92 Å². The Bertz CT molecular complexity index is 1750. The average molecular weight is 558 g/mol. The van der Waals surface area contributed by atoms with E-state index in [1.807, 2.05) is 31.2 Å². The highest BCUT2D eigenvalue weighted by Gasteiger charge is 2.16. The van der Waals surface area contributed by atoms with Gasteiger partial charge < -0.3 is 10.1 Å². The molecule has 1 heterocycles.